The predicted molar refractivity (Wildman–Crippen MR) is 110 cm³/mol. The summed E-state index contributed by atoms with van der Waals surface area (Å²) < 4.78 is 5.43. The molecule has 1 N–H and O–H groups in total. The van der Waals surface area contributed by atoms with E-state index in [0.29, 0.717) is 5.76 Å². The number of thiophene rings is 1. The third-order valence-electron chi connectivity index (χ3n) is 5.83. The second-order valence-corrected chi connectivity index (χ2v) is 8.82. The fourth-order valence-electron chi connectivity index (χ4n) is 4.36. The fraction of sp³-hybridized carbons (Fsp3) is 0.476. The van der Waals surface area contributed by atoms with Gasteiger partial charge in [0.15, 0.2) is 5.76 Å². The molecular formula is C21H24N4O2S. The van der Waals surface area contributed by atoms with Crippen molar-refractivity contribution < 1.29 is 9.21 Å². The van der Waals surface area contributed by atoms with Gasteiger partial charge in [-0.05, 0) is 63.1 Å². The molecule has 0 saturated carbocycles. The molecule has 0 radical (unpaired) electrons. The topological polar surface area (TPSA) is 71.3 Å². The summed E-state index contributed by atoms with van der Waals surface area (Å²) in [5.74, 6) is 2.10. The number of anilines is 1. The summed E-state index contributed by atoms with van der Waals surface area (Å²) in [4.78, 5) is 26.5. The summed E-state index contributed by atoms with van der Waals surface area (Å²) in [6.07, 6.45) is 8.37. The summed E-state index contributed by atoms with van der Waals surface area (Å²) in [5, 5.41) is 4.39. The van der Waals surface area contributed by atoms with Crippen molar-refractivity contribution in [2.24, 2.45) is 0 Å². The highest BCUT2D eigenvalue weighted by atomic mass is 32.1. The van der Waals surface area contributed by atoms with E-state index in [1.54, 1.807) is 12.4 Å². The summed E-state index contributed by atoms with van der Waals surface area (Å²) >= 11 is 1.84. The van der Waals surface area contributed by atoms with Crippen LogP contribution >= 0.6 is 11.3 Å². The van der Waals surface area contributed by atoms with Gasteiger partial charge in [0, 0.05) is 24.0 Å². The minimum atomic E-state index is -0.122. The van der Waals surface area contributed by atoms with Gasteiger partial charge in [-0.3, -0.25) is 4.79 Å². The standard InChI is InChI=1S/C21H24N4O2S/c1-13-6-7-16(27-13)20(26)24-14-8-10-25(11-9-14)19-18-15-4-2-3-5-17(15)28-21(18)23-12-22-19/h6-7,12,14H,2-5,8-11H2,1H3,(H,24,26). The second kappa shape index (κ2) is 7.20. The predicted octanol–water partition coefficient (Wildman–Crippen LogP) is 3.87. The van der Waals surface area contributed by atoms with Crippen molar-refractivity contribution in [1.82, 2.24) is 15.3 Å². The minimum absolute atomic E-state index is 0.122. The maximum absolute atomic E-state index is 12.3. The number of nitrogens with zero attached hydrogens (tertiary/aromatic N) is 3. The number of hydrogen-bond donors (Lipinski definition) is 1. The van der Waals surface area contributed by atoms with Crippen molar-refractivity contribution in [3.8, 4) is 0 Å². The van der Waals surface area contributed by atoms with Gasteiger partial charge in [-0.25, -0.2) is 9.97 Å². The molecule has 1 amide bonds. The lowest BCUT2D eigenvalue weighted by Crippen LogP contribution is -2.45. The Kier molecular flexibility index (Phi) is 4.55. The van der Waals surface area contributed by atoms with Crippen molar-refractivity contribution in [3.05, 3.63) is 40.4 Å². The molecule has 5 rings (SSSR count). The Balaban J connectivity index is 1.31. The largest absolute Gasteiger partial charge is 0.456 e. The van der Waals surface area contributed by atoms with Gasteiger partial charge in [0.1, 0.15) is 22.7 Å². The van der Waals surface area contributed by atoms with Gasteiger partial charge in [-0.1, -0.05) is 0 Å². The summed E-state index contributed by atoms with van der Waals surface area (Å²) in [5.41, 5.74) is 1.48. The molecule has 1 aliphatic heterocycles. The van der Waals surface area contributed by atoms with Crippen molar-refractivity contribution in [3.63, 3.8) is 0 Å². The van der Waals surface area contributed by atoms with Crippen molar-refractivity contribution in [1.29, 1.82) is 0 Å². The number of aromatic nitrogens is 2. The lowest BCUT2D eigenvalue weighted by molar-refractivity contribution is 0.0901. The first-order valence-electron chi connectivity index (χ1n) is 10.1. The van der Waals surface area contributed by atoms with Crippen LogP contribution in [0.4, 0.5) is 5.82 Å². The fourth-order valence-corrected chi connectivity index (χ4v) is 5.59. The van der Waals surface area contributed by atoms with E-state index >= 15 is 0 Å². The van der Waals surface area contributed by atoms with E-state index in [1.165, 1.54) is 35.1 Å². The smallest absolute Gasteiger partial charge is 0.287 e. The maximum Gasteiger partial charge on any atom is 0.287 e. The number of furan rings is 1. The highest BCUT2D eigenvalue weighted by Gasteiger charge is 2.26. The van der Waals surface area contributed by atoms with Gasteiger partial charge in [0.25, 0.3) is 5.91 Å². The average molecular weight is 397 g/mol. The van der Waals surface area contributed by atoms with E-state index in [9.17, 15) is 4.79 Å². The zero-order chi connectivity index (χ0) is 19.1. The van der Waals surface area contributed by atoms with Crippen LogP contribution in [-0.2, 0) is 12.8 Å². The van der Waals surface area contributed by atoms with Crippen LogP contribution in [0.3, 0.4) is 0 Å². The van der Waals surface area contributed by atoms with Crippen molar-refractivity contribution in [2.75, 3.05) is 18.0 Å². The molecule has 0 unspecified atom stereocenters. The molecule has 28 heavy (non-hydrogen) atoms. The quantitative estimate of drug-likeness (QED) is 0.728. The van der Waals surface area contributed by atoms with Crippen molar-refractivity contribution in [2.45, 2.75) is 51.5 Å². The summed E-state index contributed by atoms with van der Waals surface area (Å²) in [7, 11) is 0. The van der Waals surface area contributed by atoms with Crippen LogP contribution in [0.25, 0.3) is 10.2 Å². The molecule has 146 valence electrons. The number of hydrogen-bond acceptors (Lipinski definition) is 6. The number of fused-ring (bicyclic) bond motifs is 3. The first-order valence-corrected chi connectivity index (χ1v) is 10.9. The van der Waals surface area contributed by atoms with Gasteiger partial charge in [-0.15, -0.1) is 11.3 Å². The highest BCUT2D eigenvalue weighted by molar-refractivity contribution is 7.19. The molecule has 0 bridgehead atoms. The molecule has 1 aliphatic carbocycles. The molecule has 6 nitrogen and oxygen atoms in total. The first kappa shape index (κ1) is 17.7. The Labute approximate surface area is 168 Å². The summed E-state index contributed by atoms with van der Waals surface area (Å²) in [6, 6.07) is 3.72. The number of aryl methyl sites for hydroxylation is 3. The van der Waals surface area contributed by atoms with Gasteiger partial charge in [-0.2, -0.15) is 0 Å². The molecule has 3 aromatic heterocycles. The van der Waals surface area contributed by atoms with E-state index in [2.05, 4.69) is 20.2 Å². The van der Waals surface area contributed by atoms with E-state index in [0.717, 1.165) is 48.8 Å². The monoisotopic (exact) mass is 396 g/mol. The Hall–Kier alpha value is -2.41. The van der Waals surface area contributed by atoms with Gasteiger partial charge in [0.2, 0.25) is 0 Å². The van der Waals surface area contributed by atoms with E-state index in [-0.39, 0.29) is 11.9 Å². The number of nitrogens with one attached hydrogen (secondary N) is 1. The average Bonchev–Trinajstić information content (AvgIpc) is 3.32. The number of amides is 1. The van der Waals surface area contributed by atoms with E-state index in [1.807, 2.05) is 24.3 Å². The lowest BCUT2D eigenvalue weighted by Gasteiger charge is -2.33. The van der Waals surface area contributed by atoms with Crippen LogP contribution in [-0.4, -0.2) is 35.0 Å². The van der Waals surface area contributed by atoms with Crippen LogP contribution < -0.4 is 10.2 Å². The number of carbonyl (C=O) groups is 1. The molecule has 4 heterocycles. The van der Waals surface area contributed by atoms with E-state index in [4.69, 9.17) is 4.42 Å². The van der Waals surface area contributed by atoms with E-state index < -0.39 is 0 Å². The third kappa shape index (κ3) is 3.17. The Morgan fingerprint density at radius 3 is 2.82 bits per heavy atom. The van der Waals surface area contributed by atoms with Gasteiger partial charge < -0.3 is 14.6 Å². The zero-order valence-corrected chi connectivity index (χ0v) is 16.8. The molecule has 0 spiro atoms. The third-order valence-corrected chi connectivity index (χ3v) is 7.03. The first-order chi connectivity index (χ1) is 13.7. The van der Waals surface area contributed by atoms with Gasteiger partial charge >= 0.3 is 0 Å². The Morgan fingerprint density at radius 1 is 1.21 bits per heavy atom. The number of rotatable bonds is 3. The van der Waals surface area contributed by atoms with Crippen LogP contribution in [0.2, 0.25) is 0 Å². The summed E-state index contributed by atoms with van der Waals surface area (Å²) in [6.45, 7) is 3.62. The Morgan fingerprint density at radius 2 is 2.04 bits per heavy atom. The molecule has 0 atom stereocenters. The molecule has 3 aromatic rings. The molecule has 1 fully saturated rings. The normalized spacial score (nSPS) is 17.7. The zero-order valence-electron chi connectivity index (χ0n) is 16.0. The number of carbonyl (C=O) groups excluding carboxylic acids is 1. The SMILES string of the molecule is Cc1ccc(C(=O)NC2CCN(c3ncnc4sc5c(c34)CCCC5)CC2)o1. The Bertz CT molecular complexity index is 1020. The molecule has 7 heteroatoms. The van der Waals surface area contributed by atoms with Crippen LogP contribution in [0.5, 0.6) is 0 Å². The number of piperidine rings is 1. The molecule has 1 saturated heterocycles. The minimum Gasteiger partial charge on any atom is -0.456 e. The molecule has 0 aromatic carbocycles. The maximum atomic E-state index is 12.3. The van der Waals surface area contributed by atoms with Crippen LogP contribution in [0.1, 0.15) is 52.4 Å². The highest BCUT2D eigenvalue weighted by Crippen LogP contribution is 2.39. The van der Waals surface area contributed by atoms with Crippen LogP contribution in [0, 0.1) is 6.92 Å². The molecule has 2 aliphatic rings. The van der Waals surface area contributed by atoms with Gasteiger partial charge in [0.05, 0.1) is 5.39 Å². The second-order valence-electron chi connectivity index (χ2n) is 7.73. The molecular weight excluding hydrogens is 372 g/mol. The van der Waals surface area contributed by atoms with Crippen LogP contribution in [0.15, 0.2) is 22.9 Å². The lowest BCUT2D eigenvalue weighted by atomic mass is 9.96. The van der Waals surface area contributed by atoms with Crippen molar-refractivity contribution >= 4 is 33.3 Å².